The van der Waals surface area contributed by atoms with Crippen molar-refractivity contribution in [3.63, 3.8) is 0 Å². The number of H-pyrrole nitrogens is 1. The summed E-state index contributed by atoms with van der Waals surface area (Å²) in [5, 5.41) is 9.25. The van der Waals surface area contributed by atoms with E-state index >= 15 is 0 Å². The van der Waals surface area contributed by atoms with Gasteiger partial charge >= 0.3 is 6.03 Å². The predicted octanol–water partition coefficient (Wildman–Crippen LogP) is 1.53. The number of carbonyl (C=O) groups is 2. The third kappa shape index (κ3) is 3.62. The molecule has 7 heteroatoms. The van der Waals surface area contributed by atoms with Gasteiger partial charge in [-0.3, -0.25) is 20.1 Å². The molecule has 3 rings (SSSR count). The van der Waals surface area contributed by atoms with Gasteiger partial charge in [0, 0.05) is 17.8 Å². The van der Waals surface area contributed by atoms with Crippen LogP contribution in [0.15, 0.2) is 42.6 Å². The maximum atomic E-state index is 12.5. The van der Waals surface area contributed by atoms with E-state index in [1.165, 1.54) is 0 Å². The number of aromatic amines is 1. The Kier molecular flexibility index (Phi) is 4.90. The lowest BCUT2D eigenvalue weighted by molar-refractivity contribution is -0.126. The molecule has 1 unspecified atom stereocenters. The first-order valence-electron chi connectivity index (χ1n) is 8.03. The summed E-state index contributed by atoms with van der Waals surface area (Å²) in [4.78, 5) is 25.7. The van der Waals surface area contributed by atoms with Crippen LogP contribution in [-0.4, -0.2) is 40.1 Å². The van der Waals surface area contributed by atoms with Crippen molar-refractivity contribution in [2.75, 3.05) is 13.1 Å². The number of aromatic nitrogens is 2. The SMILES string of the molecule is NC(=O)NC(=O)C(c1ccccc1)N1CCC(c2ccn[nH]2)CC1. The van der Waals surface area contributed by atoms with E-state index in [1.807, 2.05) is 36.4 Å². The van der Waals surface area contributed by atoms with Gasteiger partial charge in [0.05, 0.1) is 0 Å². The number of piperidine rings is 1. The molecule has 1 aromatic heterocycles. The number of hydrogen-bond acceptors (Lipinski definition) is 4. The minimum Gasteiger partial charge on any atom is -0.351 e. The molecule has 1 aliphatic heterocycles. The monoisotopic (exact) mass is 327 g/mol. The minimum absolute atomic E-state index is 0.381. The van der Waals surface area contributed by atoms with Crippen molar-refractivity contribution in [2.45, 2.75) is 24.8 Å². The number of carbonyl (C=O) groups excluding carboxylic acids is 2. The van der Waals surface area contributed by atoms with E-state index in [-0.39, 0.29) is 5.91 Å². The first-order valence-corrected chi connectivity index (χ1v) is 8.03. The molecular formula is C17H21N5O2. The van der Waals surface area contributed by atoms with Crippen LogP contribution in [0.1, 0.15) is 36.1 Å². The van der Waals surface area contributed by atoms with Gasteiger partial charge in [0.2, 0.25) is 5.91 Å². The maximum Gasteiger partial charge on any atom is 0.318 e. The molecule has 1 atom stereocenters. The van der Waals surface area contributed by atoms with Gasteiger partial charge in [0.1, 0.15) is 6.04 Å². The molecule has 4 N–H and O–H groups in total. The van der Waals surface area contributed by atoms with Crippen molar-refractivity contribution in [3.05, 3.63) is 53.9 Å². The zero-order valence-corrected chi connectivity index (χ0v) is 13.3. The molecule has 0 radical (unpaired) electrons. The summed E-state index contributed by atoms with van der Waals surface area (Å²) in [6, 6.07) is 10.1. The summed E-state index contributed by atoms with van der Waals surface area (Å²) in [7, 11) is 0. The summed E-state index contributed by atoms with van der Waals surface area (Å²) in [5.41, 5.74) is 7.11. The van der Waals surface area contributed by atoms with Crippen molar-refractivity contribution >= 4 is 11.9 Å². The number of benzene rings is 1. The zero-order chi connectivity index (χ0) is 16.9. The smallest absolute Gasteiger partial charge is 0.318 e. The zero-order valence-electron chi connectivity index (χ0n) is 13.3. The summed E-state index contributed by atoms with van der Waals surface area (Å²) in [5.74, 6) is 0.0352. The molecular weight excluding hydrogens is 306 g/mol. The number of nitrogens with two attached hydrogens (primary N) is 1. The van der Waals surface area contributed by atoms with Crippen molar-refractivity contribution in [3.8, 4) is 0 Å². The Morgan fingerprint density at radius 3 is 2.50 bits per heavy atom. The second-order valence-electron chi connectivity index (χ2n) is 5.99. The molecule has 2 aromatic rings. The van der Waals surface area contributed by atoms with Crippen LogP contribution in [0.3, 0.4) is 0 Å². The van der Waals surface area contributed by atoms with Crippen molar-refractivity contribution in [1.82, 2.24) is 20.4 Å². The van der Waals surface area contributed by atoms with Crippen LogP contribution in [-0.2, 0) is 4.79 Å². The molecule has 0 bridgehead atoms. The normalized spacial score (nSPS) is 17.3. The molecule has 0 aliphatic carbocycles. The topological polar surface area (TPSA) is 104 Å². The number of likely N-dealkylation sites (tertiary alicyclic amines) is 1. The first-order chi connectivity index (χ1) is 11.6. The van der Waals surface area contributed by atoms with Crippen LogP contribution in [0.25, 0.3) is 0 Å². The number of rotatable bonds is 4. The van der Waals surface area contributed by atoms with Gasteiger partial charge in [-0.05, 0) is 37.6 Å². The molecule has 0 saturated carbocycles. The van der Waals surface area contributed by atoms with Gasteiger partial charge in [0.25, 0.3) is 0 Å². The van der Waals surface area contributed by atoms with Crippen molar-refractivity contribution in [1.29, 1.82) is 0 Å². The molecule has 7 nitrogen and oxygen atoms in total. The molecule has 3 amide bonds. The van der Waals surface area contributed by atoms with E-state index in [1.54, 1.807) is 6.20 Å². The summed E-state index contributed by atoms with van der Waals surface area (Å²) < 4.78 is 0. The third-order valence-electron chi connectivity index (χ3n) is 4.47. The van der Waals surface area contributed by atoms with E-state index in [0.717, 1.165) is 37.2 Å². The highest BCUT2D eigenvalue weighted by atomic mass is 16.2. The number of nitrogens with one attached hydrogen (secondary N) is 2. The lowest BCUT2D eigenvalue weighted by Crippen LogP contribution is -2.46. The largest absolute Gasteiger partial charge is 0.351 e. The fraction of sp³-hybridized carbons (Fsp3) is 0.353. The molecule has 1 aromatic carbocycles. The molecule has 1 aliphatic rings. The minimum atomic E-state index is -0.826. The van der Waals surface area contributed by atoms with E-state index in [0.29, 0.717) is 5.92 Å². The molecule has 1 saturated heterocycles. The molecule has 0 spiro atoms. The number of imide groups is 1. The summed E-state index contributed by atoms with van der Waals surface area (Å²) in [6.45, 7) is 1.52. The molecule has 2 heterocycles. The Morgan fingerprint density at radius 1 is 1.21 bits per heavy atom. The number of hydrogen-bond donors (Lipinski definition) is 3. The van der Waals surface area contributed by atoms with Crippen LogP contribution in [0.2, 0.25) is 0 Å². The molecule has 1 fully saturated rings. The fourth-order valence-electron chi connectivity index (χ4n) is 3.32. The van der Waals surface area contributed by atoms with Crippen LogP contribution in [0, 0.1) is 0 Å². The standard InChI is InChI=1S/C17H21N5O2/c18-17(24)20-16(23)15(13-4-2-1-3-5-13)22-10-7-12(8-11-22)14-6-9-19-21-14/h1-6,9,12,15H,7-8,10-11H2,(H,19,21)(H3,18,20,23,24). The predicted molar refractivity (Wildman–Crippen MR) is 89.0 cm³/mol. The average Bonchev–Trinajstić information content (AvgIpc) is 3.10. The lowest BCUT2D eigenvalue weighted by atomic mass is 9.91. The van der Waals surface area contributed by atoms with E-state index in [4.69, 9.17) is 5.73 Å². The summed E-state index contributed by atoms with van der Waals surface area (Å²) in [6.07, 6.45) is 3.61. The Balaban J connectivity index is 1.74. The lowest BCUT2D eigenvalue weighted by Gasteiger charge is -2.36. The van der Waals surface area contributed by atoms with E-state index in [2.05, 4.69) is 20.4 Å². The number of primary amides is 1. The van der Waals surface area contributed by atoms with Gasteiger partial charge in [-0.25, -0.2) is 4.79 Å². The maximum absolute atomic E-state index is 12.5. The Hall–Kier alpha value is -2.67. The van der Waals surface area contributed by atoms with Crippen molar-refractivity contribution in [2.24, 2.45) is 5.73 Å². The summed E-state index contributed by atoms with van der Waals surface area (Å²) >= 11 is 0. The highest BCUT2D eigenvalue weighted by Crippen LogP contribution is 2.31. The van der Waals surface area contributed by atoms with Crippen LogP contribution < -0.4 is 11.1 Å². The van der Waals surface area contributed by atoms with Crippen molar-refractivity contribution < 1.29 is 9.59 Å². The average molecular weight is 327 g/mol. The second-order valence-corrected chi connectivity index (χ2v) is 5.99. The Morgan fingerprint density at radius 2 is 1.92 bits per heavy atom. The Bertz CT molecular complexity index is 678. The van der Waals surface area contributed by atoms with Gasteiger partial charge in [-0.1, -0.05) is 30.3 Å². The van der Waals surface area contributed by atoms with Crippen LogP contribution in [0.5, 0.6) is 0 Å². The molecule has 24 heavy (non-hydrogen) atoms. The number of amides is 3. The third-order valence-corrected chi connectivity index (χ3v) is 4.47. The number of nitrogens with zero attached hydrogens (tertiary/aromatic N) is 2. The second kappa shape index (κ2) is 7.27. The van der Waals surface area contributed by atoms with E-state index < -0.39 is 12.1 Å². The number of urea groups is 1. The fourth-order valence-corrected chi connectivity index (χ4v) is 3.32. The van der Waals surface area contributed by atoms with Gasteiger partial charge < -0.3 is 5.73 Å². The van der Waals surface area contributed by atoms with Gasteiger partial charge in [-0.2, -0.15) is 5.10 Å². The van der Waals surface area contributed by atoms with Gasteiger partial charge in [0.15, 0.2) is 0 Å². The highest BCUT2D eigenvalue weighted by molar-refractivity contribution is 5.96. The first kappa shape index (κ1) is 16.2. The van der Waals surface area contributed by atoms with E-state index in [9.17, 15) is 9.59 Å². The van der Waals surface area contributed by atoms with Crippen LogP contribution >= 0.6 is 0 Å². The quantitative estimate of drug-likeness (QED) is 0.792. The highest BCUT2D eigenvalue weighted by Gasteiger charge is 2.32. The van der Waals surface area contributed by atoms with Crippen LogP contribution in [0.4, 0.5) is 4.79 Å². The van der Waals surface area contributed by atoms with Gasteiger partial charge in [-0.15, -0.1) is 0 Å². The molecule has 126 valence electrons. The Labute approximate surface area is 140 Å².